The summed E-state index contributed by atoms with van der Waals surface area (Å²) in [4.78, 5) is 27.1. The number of nitrogens with zero attached hydrogens (tertiary/aromatic N) is 1. The van der Waals surface area contributed by atoms with E-state index in [2.05, 4.69) is 6.07 Å². The van der Waals surface area contributed by atoms with Crippen molar-refractivity contribution in [2.75, 3.05) is 5.75 Å². The van der Waals surface area contributed by atoms with E-state index in [1.807, 2.05) is 17.8 Å². The van der Waals surface area contributed by atoms with Gasteiger partial charge in [0.2, 0.25) is 0 Å². The van der Waals surface area contributed by atoms with Gasteiger partial charge in [0.25, 0.3) is 5.91 Å². The number of thiophene rings is 1. The van der Waals surface area contributed by atoms with Gasteiger partial charge in [-0.15, -0.1) is 23.1 Å². The highest BCUT2D eigenvalue weighted by Gasteiger charge is 2.49. The van der Waals surface area contributed by atoms with Gasteiger partial charge in [0.1, 0.15) is 11.1 Å². The van der Waals surface area contributed by atoms with Crippen molar-refractivity contribution in [3.05, 3.63) is 38.1 Å². The first-order valence-electron chi connectivity index (χ1n) is 6.48. The molecule has 1 N–H and O–H groups in total. The SMILES string of the molecule is O=C(O)C1=CSC2/C(=C\c3cc4c(s3)CCSC4)C(=O)N12. The quantitative estimate of drug-likeness (QED) is 0.664. The molecule has 4 heterocycles. The van der Waals surface area contributed by atoms with Gasteiger partial charge in [0, 0.05) is 20.9 Å². The summed E-state index contributed by atoms with van der Waals surface area (Å²) in [6, 6.07) is 2.17. The summed E-state index contributed by atoms with van der Waals surface area (Å²) in [6.07, 6.45) is 3.04. The zero-order valence-corrected chi connectivity index (χ0v) is 13.3. The van der Waals surface area contributed by atoms with Crippen molar-refractivity contribution in [2.24, 2.45) is 0 Å². The number of carbonyl (C=O) groups is 2. The first kappa shape index (κ1) is 13.5. The van der Waals surface area contributed by atoms with Gasteiger partial charge in [-0.25, -0.2) is 4.79 Å². The number of hydrogen-bond acceptors (Lipinski definition) is 5. The fourth-order valence-electron chi connectivity index (χ4n) is 2.66. The van der Waals surface area contributed by atoms with Crippen LogP contribution in [-0.2, 0) is 21.8 Å². The molecule has 0 aliphatic carbocycles. The topological polar surface area (TPSA) is 57.6 Å². The lowest BCUT2D eigenvalue weighted by Gasteiger charge is -2.37. The summed E-state index contributed by atoms with van der Waals surface area (Å²) in [6.45, 7) is 0. The highest BCUT2D eigenvalue weighted by molar-refractivity contribution is 8.03. The third kappa shape index (κ3) is 2.06. The van der Waals surface area contributed by atoms with E-state index >= 15 is 0 Å². The first-order chi connectivity index (χ1) is 10.1. The number of fused-ring (bicyclic) bond motifs is 2. The predicted molar refractivity (Wildman–Crippen MR) is 86.1 cm³/mol. The molecule has 0 bridgehead atoms. The van der Waals surface area contributed by atoms with Crippen molar-refractivity contribution in [1.29, 1.82) is 0 Å². The Morgan fingerprint density at radius 2 is 2.33 bits per heavy atom. The third-order valence-electron chi connectivity index (χ3n) is 3.70. The van der Waals surface area contributed by atoms with Gasteiger partial charge in [-0.05, 0) is 29.9 Å². The number of aryl methyl sites for hydroxylation is 1. The minimum absolute atomic E-state index is 0.0917. The Morgan fingerprint density at radius 1 is 1.48 bits per heavy atom. The van der Waals surface area contributed by atoms with Crippen LogP contribution in [0.25, 0.3) is 6.08 Å². The molecule has 1 aromatic heterocycles. The van der Waals surface area contributed by atoms with Crippen LogP contribution in [-0.4, -0.2) is 33.0 Å². The molecule has 21 heavy (non-hydrogen) atoms. The summed E-state index contributed by atoms with van der Waals surface area (Å²) >= 11 is 5.08. The monoisotopic (exact) mass is 337 g/mol. The Bertz CT molecular complexity index is 696. The third-order valence-corrected chi connectivity index (χ3v) is 6.97. The number of β-lactam (4-membered cyclic amide) rings is 1. The van der Waals surface area contributed by atoms with Crippen LogP contribution in [0.15, 0.2) is 22.7 Å². The highest BCUT2D eigenvalue weighted by Crippen LogP contribution is 2.45. The molecule has 4 nitrogen and oxygen atoms in total. The number of carbonyl (C=O) groups excluding carboxylic acids is 1. The van der Waals surface area contributed by atoms with E-state index < -0.39 is 5.97 Å². The fraction of sp³-hybridized carbons (Fsp3) is 0.286. The lowest BCUT2D eigenvalue weighted by atomic mass is 10.0. The average molecular weight is 337 g/mol. The molecule has 1 fully saturated rings. The molecule has 7 heteroatoms. The number of rotatable bonds is 2. The molecule has 108 valence electrons. The van der Waals surface area contributed by atoms with Crippen LogP contribution >= 0.6 is 34.9 Å². The molecule has 0 radical (unpaired) electrons. The van der Waals surface area contributed by atoms with Crippen LogP contribution in [0.4, 0.5) is 0 Å². The molecule has 4 rings (SSSR count). The minimum Gasteiger partial charge on any atom is -0.477 e. The molecule has 0 aromatic carbocycles. The van der Waals surface area contributed by atoms with Gasteiger partial charge in [0.05, 0.1) is 5.57 Å². The number of amides is 1. The lowest BCUT2D eigenvalue weighted by Crippen LogP contribution is -2.51. The van der Waals surface area contributed by atoms with Crippen molar-refractivity contribution in [3.8, 4) is 0 Å². The molecule has 3 aliphatic heterocycles. The molecule has 1 saturated heterocycles. The second kappa shape index (κ2) is 4.93. The summed E-state index contributed by atoms with van der Waals surface area (Å²) in [5.41, 5.74) is 2.18. The summed E-state index contributed by atoms with van der Waals surface area (Å²) in [5, 5.41) is 10.4. The van der Waals surface area contributed by atoms with Crippen LogP contribution in [0.5, 0.6) is 0 Å². The molecule has 1 amide bonds. The Labute approximate surface area is 133 Å². The molecule has 0 saturated carbocycles. The van der Waals surface area contributed by atoms with Crippen LogP contribution in [0.2, 0.25) is 0 Å². The fourth-order valence-corrected chi connectivity index (χ4v) is 6.11. The van der Waals surface area contributed by atoms with Crippen LogP contribution in [0.3, 0.4) is 0 Å². The standard InChI is InChI=1S/C14H11NO3S3/c16-12-9(13-15(12)10(6-20-13)14(17)18)4-8-3-7-5-19-2-1-11(7)21-8/h3-4,6,13H,1-2,5H2,(H,17,18)/b9-4-. The van der Waals surface area contributed by atoms with E-state index in [-0.39, 0.29) is 17.0 Å². The van der Waals surface area contributed by atoms with Crippen molar-refractivity contribution in [2.45, 2.75) is 17.5 Å². The van der Waals surface area contributed by atoms with Gasteiger partial charge in [-0.1, -0.05) is 0 Å². The van der Waals surface area contributed by atoms with Gasteiger partial charge >= 0.3 is 5.97 Å². The Morgan fingerprint density at radius 3 is 3.10 bits per heavy atom. The molecule has 0 spiro atoms. The van der Waals surface area contributed by atoms with Crippen molar-refractivity contribution in [1.82, 2.24) is 4.90 Å². The number of carboxylic acids is 1. The zero-order chi connectivity index (χ0) is 14.6. The Hall–Kier alpha value is -1.18. The number of hydrogen-bond donors (Lipinski definition) is 1. The van der Waals surface area contributed by atoms with E-state index in [0.717, 1.165) is 17.1 Å². The lowest BCUT2D eigenvalue weighted by molar-refractivity contribution is -0.141. The van der Waals surface area contributed by atoms with Gasteiger partial charge in [-0.3, -0.25) is 9.69 Å². The predicted octanol–water partition coefficient (Wildman–Crippen LogP) is 2.76. The number of thioether (sulfide) groups is 2. The second-order valence-electron chi connectivity index (χ2n) is 4.97. The van der Waals surface area contributed by atoms with E-state index in [1.165, 1.54) is 32.9 Å². The van der Waals surface area contributed by atoms with E-state index in [1.54, 1.807) is 16.7 Å². The van der Waals surface area contributed by atoms with Gasteiger partial charge < -0.3 is 5.11 Å². The summed E-state index contributed by atoms with van der Waals surface area (Å²) in [5.74, 6) is 0.999. The van der Waals surface area contributed by atoms with Crippen molar-refractivity contribution < 1.29 is 14.7 Å². The molecular weight excluding hydrogens is 326 g/mol. The molecule has 1 aromatic rings. The molecular formula is C14H11NO3S3. The first-order valence-corrected chi connectivity index (χ1v) is 9.40. The van der Waals surface area contributed by atoms with E-state index in [4.69, 9.17) is 5.11 Å². The van der Waals surface area contributed by atoms with Crippen molar-refractivity contribution in [3.63, 3.8) is 0 Å². The highest BCUT2D eigenvalue weighted by atomic mass is 32.2. The largest absolute Gasteiger partial charge is 0.477 e. The Kier molecular flexibility index (Phi) is 3.16. The Balaban J connectivity index is 1.60. The maximum absolute atomic E-state index is 12.1. The van der Waals surface area contributed by atoms with E-state index in [9.17, 15) is 9.59 Å². The summed E-state index contributed by atoms with van der Waals surface area (Å²) < 4.78 is 0. The molecule has 1 atom stereocenters. The number of carboxylic acid groups (broad SMARTS) is 1. The number of aliphatic carboxylic acids is 1. The van der Waals surface area contributed by atoms with Gasteiger partial charge in [0.15, 0.2) is 0 Å². The van der Waals surface area contributed by atoms with Crippen LogP contribution in [0, 0.1) is 0 Å². The van der Waals surface area contributed by atoms with Crippen molar-refractivity contribution >= 4 is 52.8 Å². The van der Waals surface area contributed by atoms with Gasteiger partial charge in [-0.2, -0.15) is 11.8 Å². The van der Waals surface area contributed by atoms with Crippen LogP contribution < -0.4 is 0 Å². The molecule has 1 unspecified atom stereocenters. The smallest absolute Gasteiger partial charge is 0.353 e. The second-order valence-corrected chi connectivity index (χ2v) is 8.20. The maximum atomic E-state index is 12.1. The normalized spacial score (nSPS) is 25.4. The maximum Gasteiger partial charge on any atom is 0.353 e. The van der Waals surface area contributed by atoms with Crippen LogP contribution in [0.1, 0.15) is 15.3 Å². The zero-order valence-electron chi connectivity index (χ0n) is 10.9. The summed E-state index contributed by atoms with van der Waals surface area (Å²) in [7, 11) is 0. The molecule has 3 aliphatic rings. The average Bonchev–Trinajstić information content (AvgIpc) is 3.05. The van der Waals surface area contributed by atoms with E-state index in [0.29, 0.717) is 5.57 Å². The minimum atomic E-state index is -1.04.